The highest BCUT2D eigenvalue weighted by Gasteiger charge is 2.11. The van der Waals surface area contributed by atoms with E-state index in [0.29, 0.717) is 0 Å². The van der Waals surface area contributed by atoms with Gasteiger partial charge in [0, 0.05) is 5.69 Å². The number of rotatable bonds is 5. The molecule has 1 unspecified atom stereocenters. The van der Waals surface area contributed by atoms with Crippen molar-refractivity contribution in [3.8, 4) is 5.75 Å². The van der Waals surface area contributed by atoms with Gasteiger partial charge in [0.05, 0.1) is 0 Å². The highest BCUT2D eigenvalue weighted by atomic mass is 16.5. The molecule has 2 nitrogen and oxygen atoms in total. The minimum atomic E-state index is -0.0562. The van der Waals surface area contributed by atoms with Crippen LogP contribution in [-0.4, -0.2) is 0 Å². The zero-order valence-electron chi connectivity index (χ0n) is 13.5. The fourth-order valence-electron chi connectivity index (χ4n) is 2.41. The molecule has 0 saturated carbocycles. The highest BCUT2D eigenvalue weighted by Crippen LogP contribution is 2.29. The third-order valence-electron chi connectivity index (χ3n) is 3.89. The molecule has 2 rings (SSSR count). The Labute approximate surface area is 132 Å². The number of ether oxygens (including phenoxy) is 1. The van der Waals surface area contributed by atoms with Crippen LogP contribution in [0.3, 0.4) is 0 Å². The SMILES string of the molecule is C=Cc1ccc(C(C)Oc2cc(C)c(N)cc2C)cc1C=C. The summed E-state index contributed by atoms with van der Waals surface area (Å²) in [5, 5.41) is 0. The van der Waals surface area contributed by atoms with Crippen LogP contribution in [0.2, 0.25) is 0 Å². The topological polar surface area (TPSA) is 35.2 Å². The van der Waals surface area contributed by atoms with Gasteiger partial charge in [-0.3, -0.25) is 0 Å². The number of anilines is 1. The van der Waals surface area contributed by atoms with E-state index in [4.69, 9.17) is 10.5 Å². The van der Waals surface area contributed by atoms with Crippen LogP contribution >= 0.6 is 0 Å². The Morgan fingerprint density at radius 3 is 2.32 bits per heavy atom. The zero-order chi connectivity index (χ0) is 16.3. The fraction of sp³-hybridized carbons (Fsp3) is 0.200. The second-order valence-corrected chi connectivity index (χ2v) is 5.53. The first-order chi connectivity index (χ1) is 10.5. The first-order valence-electron chi connectivity index (χ1n) is 7.38. The molecule has 1 atom stereocenters. The predicted octanol–water partition coefficient (Wildman–Crippen LogP) is 5.31. The Balaban J connectivity index is 2.29. The van der Waals surface area contributed by atoms with Gasteiger partial charge >= 0.3 is 0 Å². The summed E-state index contributed by atoms with van der Waals surface area (Å²) in [4.78, 5) is 0. The lowest BCUT2D eigenvalue weighted by molar-refractivity contribution is 0.225. The van der Waals surface area contributed by atoms with E-state index >= 15 is 0 Å². The molecule has 0 aromatic heterocycles. The maximum absolute atomic E-state index is 6.12. The standard InChI is InChI=1S/C20H23NO/c1-6-16-8-9-18(12-17(16)7-2)15(5)22-20-11-13(3)19(21)10-14(20)4/h6-12,15H,1-2,21H2,3-5H3. The highest BCUT2D eigenvalue weighted by molar-refractivity contribution is 5.64. The summed E-state index contributed by atoms with van der Waals surface area (Å²) in [5.41, 5.74) is 12.0. The summed E-state index contributed by atoms with van der Waals surface area (Å²) in [6, 6.07) is 10.1. The minimum absolute atomic E-state index is 0.0562. The molecule has 0 spiro atoms. The molecule has 2 aromatic carbocycles. The smallest absolute Gasteiger partial charge is 0.123 e. The predicted molar refractivity (Wildman–Crippen MR) is 96.0 cm³/mol. The third kappa shape index (κ3) is 3.22. The van der Waals surface area contributed by atoms with E-state index in [2.05, 4.69) is 25.3 Å². The number of nitrogens with two attached hydrogens (primary N) is 1. The van der Waals surface area contributed by atoms with Gasteiger partial charge < -0.3 is 10.5 Å². The Morgan fingerprint density at radius 1 is 1.00 bits per heavy atom. The van der Waals surface area contributed by atoms with Crippen molar-refractivity contribution >= 4 is 17.8 Å². The van der Waals surface area contributed by atoms with Crippen LogP contribution in [0.25, 0.3) is 12.2 Å². The van der Waals surface area contributed by atoms with Gasteiger partial charge in [0.2, 0.25) is 0 Å². The van der Waals surface area contributed by atoms with E-state index in [-0.39, 0.29) is 6.10 Å². The number of benzene rings is 2. The van der Waals surface area contributed by atoms with Crippen molar-refractivity contribution in [1.29, 1.82) is 0 Å². The monoisotopic (exact) mass is 293 g/mol. The quantitative estimate of drug-likeness (QED) is 0.758. The summed E-state index contributed by atoms with van der Waals surface area (Å²) in [5.74, 6) is 0.868. The molecule has 0 aliphatic carbocycles. The normalized spacial score (nSPS) is 11.8. The van der Waals surface area contributed by atoms with Crippen molar-refractivity contribution in [2.75, 3.05) is 5.73 Å². The summed E-state index contributed by atoms with van der Waals surface area (Å²) < 4.78 is 6.12. The van der Waals surface area contributed by atoms with Crippen molar-refractivity contribution in [3.63, 3.8) is 0 Å². The van der Waals surface area contributed by atoms with Crippen molar-refractivity contribution in [3.05, 3.63) is 71.3 Å². The van der Waals surface area contributed by atoms with E-state index < -0.39 is 0 Å². The molecule has 0 aliphatic rings. The van der Waals surface area contributed by atoms with E-state index in [1.807, 2.05) is 51.1 Å². The summed E-state index contributed by atoms with van der Waals surface area (Å²) in [6.45, 7) is 13.7. The van der Waals surface area contributed by atoms with Gasteiger partial charge in [-0.25, -0.2) is 0 Å². The lowest BCUT2D eigenvalue weighted by Crippen LogP contribution is -2.05. The number of hydrogen-bond donors (Lipinski definition) is 1. The van der Waals surface area contributed by atoms with Crippen LogP contribution in [0.15, 0.2) is 43.5 Å². The van der Waals surface area contributed by atoms with E-state index in [1.54, 1.807) is 0 Å². The molecule has 0 saturated heterocycles. The Bertz CT molecular complexity index is 716. The summed E-state index contributed by atoms with van der Waals surface area (Å²) >= 11 is 0. The van der Waals surface area contributed by atoms with Crippen LogP contribution in [0.4, 0.5) is 5.69 Å². The van der Waals surface area contributed by atoms with Crippen molar-refractivity contribution in [2.45, 2.75) is 26.9 Å². The molecule has 0 bridgehead atoms. The number of hydrogen-bond acceptors (Lipinski definition) is 2. The Morgan fingerprint density at radius 2 is 1.68 bits per heavy atom. The average molecular weight is 293 g/mol. The van der Waals surface area contributed by atoms with Crippen LogP contribution in [0, 0.1) is 13.8 Å². The number of aryl methyl sites for hydroxylation is 2. The molecule has 2 N–H and O–H groups in total. The molecule has 22 heavy (non-hydrogen) atoms. The van der Waals surface area contributed by atoms with E-state index in [0.717, 1.165) is 39.3 Å². The molecule has 0 amide bonds. The fourth-order valence-corrected chi connectivity index (χ4v) is 2.41. The lowest BCUT2D eigenvalue weighted by atomic mass is 10.0. The Hall–Kier alpha value is -2.48. The Kier molecular flexibility index (Phi) is 4.71. The van der Waals surface area contributed by atoms with Gasteiger partial charge in [-0.05, 0) is 66.8 Å². The summed E-state index contributed by atoms with van der Waals surface area (Å²) in [7, 11) is 0. The molecule has 114 valence electrons. The second-order valence-electron chi connectivity index (χ2n) is 5.53. The van der Waals surface area contributed by atoms with Gasteiger partial charge in [0.1, 0.15) is 11.9 Å². The van der Waals surface area contributed by atoms with Crippen LogP contribution < -0.4 is 10.5 Å². The van der Waals surface area contributed by atoms with Crippen molar-refractivity contribution in [2.24, 2.45) is 0 Å². The zero-order valence-corrected chi connectivity index (χ0v) is 13.5. The van der Waals surface area contributed by atoms with Crippen molar-refractivity contribution in [1.82, 2.24) is 0 Å². The molecule has 0 radical (unpaired) electrons. The first-order valence-corrected chi connectivity index (χ1v) is 7.38. The molecular formula is C20H23NO. The molecule has 2 heteroatoms. The molecule has 0 heterocycles. The largest absolute Gasteiger partial charge is 0.486 e. The van der Waals surface area contributed by atoms with E-state index in [1.165, 1.54) is 0 Å². The van der Waals surface area contributed by atoms with E-state index in [9.17, 15) is 0 Å². The molecular weight excluding hydrogens is 270 g/mol. The second kappa shape index (κ2) is 6.52. The molecule has 2 aromatic rings. The third-order valence-corrected chi connectivity index (χ3v) is 3.89. The van der Waals surface area contributed by atoms with Gasteiger partial charge in [-0.2, -0.15) is 0 Å². The first kappa shape index (κ1) is 15.9. The maximum Gasteiger partial charge on any atom is 0.123 e. The minimum Gasteiger partial charge on any atom is -0.486 e. The van der Waals surface area contributed by atoms with Gasteiger partial charge in [0.25, 0.3) is 0 Å². The maximum atomic E-state index is 6.12. The van der Waals surface area contributed by atoms with Crippen LogP contribution in [0.5, 0.6) is 5.75 Å². The van der Waals surface area contributed by atoms with Gasteiger partial charge in [0.15, 0.2) is 0 Å². The number of nitrogen functional groups attached to an aromatic ring is 1. The molecule has 0 aliphatic heterocycles. The molecule has 0 fully saturated rings. The average Bonchev–Trinajstić information content (AvgIpc) is 2.51. The lowest BCUT2D eigenvalue weighted by Gasteiger charge is -2.19. The van der Waals surface area contributed by atoms with Gasteiger partial charge in [-0.15, -0.1) is 0 Å². The van der Waals surface area contributed by atoms with Gasteiger partial charge in [-0.1, -0.05) is 37.4 Å². The van der Waals surface area contributed by atoms with Crippen molar-refractivity contribution < 1.29 is 4.74 Å². The van der Waals surface area contributed by atoms with Crippen LogP contribution in [-0.2, 0) is 0 Å². The summed E-state index contributed by atoms with van der Waals surface area (Å²) in [6.07, 6.45) is 3.62. The van der Waals surface area contributed by atoms with Crippen LogP contribution in [0.1, 0.15) is 40.8 Å².